The van der Waals surface area contributed by atoms with Crippen molar-refractivity contribution in [2.24, 2.45) is 0 Å². The summed E-state index contributed by atoms with van der Waals surface area (Å²) in [5.74, 6) is -1.23. The van der Waals surface area contributed by atoms with Crippen LogP contribution in [0.2, 0.25) is 0 Å². The number of carboxylic acid groups (broad SMARTS) is 1. The summed E-state index contributed by atoms with van der Waals surface area (Å²) >= 11 is 3.45. The van der Waals surface area contributed by atoms with Gasteiger partial charge in [0.1, 0.15) is 0 Å². The highest BCUT2D eigenvalue weighted by Gasteiger charge is 2.15. The number of hydrogen-bond donors (Lipinski definition) is 1. The predicted octanol–water partition coefficient (Wildman–Crippen LogP) is 3.25. The zero-order valence-electron chi connectivity index (χ0n) is 8.47. The Labute approximate surface area is 92.1 Å². The molecule has 0 spiro atoms. The van der Waals surface area contributed by atoms with E-state index in [1.807, 2.05) is 26.0 Å². The molecule has 2 nitrogen and oxygen atoms in total. The molecule has 1 aromatic rings. The lowest BCUT2D eigenvalue weighted by Gasteiger charge is -2.11. The van der Waals surface area contributed by atoms with Gasteiger partial charge in [0.25, 0.3) is 0 Å². The number of rotatable bonds is 2. The Bertz CT molecular complexity index is 349. The molecule has 1 unspecified atom stereocenters. The average Bonchev–Trinajstić information content (AvgIpc) is 2.12. The molecule has 0 saturated heterocycles. The highest BCUT2D eigenvalue weighted by atomic mass is 79.9. The number of hydrogen-bond acceptors (Lipinski definition) is 1. The summed E-state index contributed by atoms with van der Waals surface area (Å²) in [6.45, 7) is 5.63. The Balaban J connectivity index is 3.19. The lowest BCUT2D eigenvalue weighted by molar-refractivity contribution is -0.138. The quantitative estimate of drug-likeness (QED) is 0.882. The van der Waals surface area contributed by atoms with Crippen LogP contribution in [0, 0.1) is 13.8 Å². The van der Waals surface area contributed by atoms with Crippen LogP contribution in [0.5, 0.6) is 0 Å². The monoisotopic (exact) mass is 256 g/mol. The molecule has 0 aliphatic rings. The van der Waals surface area contributed by atoms with E-state index >= 15 is 0 Å². The van der Waals surface area contributed by atoms with Crippen LogP contribution >= 0.6 is 15.9 Å². The van der Waals surface area contributed by atoms with Crippen LogP contribution in [-0.2, 0) is 4.79 Å². The second kappa shape index (κ2) is 4.13. The van der Waals surface area contributed by atoms with Gasteiger partial charge in [0.15, 0.2) is 0 Å². The molecular formula is C11H13BrO2. The SMILES string of the molecule is Cc1cc(C(C)C(=O)O)cc(C)c1Br. The van der Waals surface area contributed by atoms with Gasteiger partial charge < -0.3 is 5.11 Å². The molecule has 0 saturated carbocycles. The number of carboxylic acids is 1. The van der Waals surface area contributed by atoms with Gasteiger partial charge in [-0.25, -0.2) is 0 Å². The number of benzene rings is 1. The molecule has 14 heavy (non-hydrogen) atoms. The average molecular weight is 257 g/mol. The van der Waals surface area contributed by atoms with E-state index in [-0.39, 0.29) is 0 Å². The largest absolute Gasteiger partial charge is 0.481 e. The second-order valence-corrected chi connectivity index (χ2v) is 4.32. The third kappa shape index (κ3) is 2.15. The minimum Gasteiger partial charge on any atom is -0.481 e. The van der Waals surface area contributed by atoms with Crippen molar-refractivity contribution in [3.63, 3.8) is 0 Å². The molecule has 0 aromatic heterocycles. The maximum atomic E-state index is 10.8. The summed E-state index contributed by atoms with van der Waals surface area (Å²) in [5.41, 5.74) is 3.01. The van der Waals surface area contributed by atoms with Crippen molar-refractivity contribution >= 4 is 21.9 Å². The fraction of sp³-hybridized carbons (Fsp3) is 0.364. The maximum Gasteiger partial charge on any atom is 0.310 e. The lowest BCUT2D eigenvalue weighted by Crippen LogP contribution is -2.08. The molecule has 1 rings (SSSR count). The van der Waals surface area contributed by atoms with Crippen LogP contribution in [0.15, 0.2) is 16.6 Å². The van der Waals surface area contributed by atoms with Crippen molar-refractivity contribution in [2.45, 2.75) is 26.7 Å². The van der Waals surface area contributed by atoms with Gasteiger partial charge in [-0.1, -0.05) is 28.1 Å². The molecular weight excluding hydrogens is 244 g/mol. The Morgan fingerprint density at radius 1 is 1.36 bits per heavy atom. The zero-order valence-corrected chi connectivity index (χ0v) is 10.1. The first-order valence-corrected chi connectivity index (χ1v) is 5.22. The smallest absolute Gasteiger partial charge is 0.310 e. The molecule has 0 aliphatic carbocycles. The fourth-order valence-corrected chi connectivity index (χ4v) is 1.60. The predicted molar refractivity (Wildman–Crippen MR) is 59.7 cm³/mol. The maximum absolute atomic E-state index is 10.8. The summed E-state index contributed by atoms with van der Waals surface area (Å²) in [6, 6.07) is 3.83. The molecule has 0 amide bonds. The molecule has 1 aromatic carbocycles. The van der Waals surface area contributed by atoms with Crippen molar-refractivity contribution in [1.29, 1.82) is 0 Å². The van der Waals surface area contributed by atoms with Gasteiger partial charge in [-0.3, -0.25) is 4.79 Å². The van der Waals surface area contributed by atoms with E-state index in [0.29, 0.717) is 0 Å². The molecule has 0 aliphatic heterocycles. The third-order valence-corrected chi connectivity index (χ3v) is 3.58. The van der Waals surface area contributed by atoms with E-state index in [1.54, 1.807) is 6.92 Å². The van der Waals surface area contributed by atoms with E-state index in [0.717, 1.165) is 21.2 Å². The van der Waals surface area contributed by atoms with Crippen molar-refractivity contribution in [3.8, 4) is 0 Å². The van der Waals surface area contributed by atoms with Gasteiger partial charge in [-0.05, 0) is 37.5 Å². The van der Waals surface area contributed by atoms with E-state index in [2.05, 4.69) is 15.9 Å². The molecule has 76 valence electrons. The molecule has 3 heteroatoms. The van der Waals surface area contributed by atoms with Crippen LogP contribution in [0.4, 0.5) is 0 Å². The molecule has 0 heterocycles. The van der Waals surface area contributed by atoms with Gasteiger partial charge in [-0.15, -0.1) is 0 Å². The third-order valence-electron chi connectivity index (χ3n) is 2.33. The normalized spacial score (nSPS) is 12.6. The Morgan fingerprint density at radius 3 is 2.14 bits per heavy atom. The van der Waals surface area contributed by atoms with Gasteiger partial charge in [0, 0.05) is 4.47 Å². The van der Waals surface area contributed by atoms with Crippen LogP contribution in [-0.4, -0.2) is 11.1 Å². The highest BCUT2D eigenvalue weighted by Crippen LogP contribution is 2.26. The van der Waals surface area contributed by atoms with Crippen molar-refractivity contribution in [2.75, 3.05) is 0 Å². The zero-order chi connectivity index (χ0) is 10.9. The summed E-state index contributed by atoms with van der Waals surface area (Å²) in [4.78, 5) is 10.8. The van der Waals surface area contributed by atoms with E-state index in [9.17, 15) is 4.79 Å². The van der Waals surface area contributed by atoms with Crippen molar-refractivity contribution < 1.29 is 9.90 Å². The Hall–Kier alpha value is -0.830. The topological polar surface area (TPSA) is 37.3 Å². The van der Waals surface area contributed by atoms with Crippen molar-refractivity contribution in [1.82, 2.24) is 0 Å². The minimum atomic E-state index is -0.786. The lowest BCUT2D eigenvalue weighted by atomic mass is 9.97. The van der Waals surface area contributed by atoms with E-state index < -0.39 is 11.9 Å². The molecule has 0 fully saturated rings. The first-order valence-electron chi connectivity index (χ1n) is 4.43. The van der Waals surface area contributed by atoms with E-state index in [1.165, 1.54) is 0 Å². The minimum absolute atomic E-state index is 0.444. The van der Waals surface area contributed by atoms with Crippen molar-refractivity contribution in [3.05, 3.63) is 33.3 Å². The van der Waals surface area contributed by atoms with Gasteiger partial charge in [0.2, 0.25) is 0 Å². The first-order chi connectivity index (χ1) is 6.43. The molecule has 0 radical (unpaired) electrons. The van der Waals surface area contributed by atoms with Gasteiger partial charge in [-0.2, -0.15) is 0 Å². The van der Waals surface area contributed by atoms with Gasteiger partial charge in [0.05, 0.1) is 5.92 Å². The van der Waals surface area contributed by atoms with Crippen LogP contribution in [0.25, 0.3) is 0 Å². The summed E-state index contributed by atoms with van der Waals surface area (Å²) in [5, 5.41) is 8.87. The highest BCUT2D eigenvalue weighted by molar-refractivity contribution is 9.10. The second-order valence-electron chi connectivity index (χ2n) is 3.53. The van der Waals surface area contributed by atoms with Crippen LogP contribution in [0.1, 0.15) is 29.5 Å². The number of aryl methyl sites for hydroxylation is 2. The number of carbonyl (C=O) groups is 1. The van der Waals surface area contributed by atoms with Crippen LogP contribution in [0.3, 0.4) is 0 Å². The Morgan fingerprint density at radius 2 is 1.79 bits per heavy atom. The van der Waals surface area contributed by atoms with Gasteiger partial charge >= 0.3 is 5.97 Å². The molecule has 0 bridgehead atoms. The van der Waals surface area contributed by atoms with Crippen LogP contribution < -0.4 is 0 Å². The summed E-state index contributed by atoms with van der Waals surface area (Å²) < 4.78 is 1.05. The standard InChI is InChI=1S/C11H13BrO2/c1-6-4-9(8(3)11(13)14)5-7(2)10(6)12/h4-5,8H,1-3H3,(H,13,14). The molecule has 1 atom stereocenters. The summed E-state index contributed by atoms with van der Waals surface area (Å²) in [7, 11) is 0. The summed E-state index contributed by atoms with van der Waals surface area (Å²) in [6.07, 6.45) is 0. The molecule has 1 N–H and O–H groups in total. The number of aliphatic carboxylic acids is 1. The first kappa shape index (κ1) is 11.2. The Kier molecular flexibility index (Phi) is 3.32. The number of halogens is 1. The van der Waals surface area contributed by atoms with E-state index in [4.69, 9.17) is 5.11 Å². The fourth-order valence-electron chi connectivity index (χ4n) is 1.37.